The van der Waals surface area contributed by atoms with Crippen LogP contribution in [0.1, 0.15) is 18.4 Å². The third-order valence-electron chi connectivity index (χ3n) is 4.26. The molecule has 2 aromatic heterocycles. The van der Waals surface area contributed by atoms with Gasteiger partial charge in [-0.05, 0) is 24.5 Å². The van der Waals surface area contributed by atoms with Gasteiger partial charge in [-0.15, -0.1) is 0 Å². The van der Waals surface area contributed by atoms with Crippen molar-refractivity contribution in [2.24, 2.45) is 5.92 Å². The predicted molar refractivity (Wildman–Crippen MR) is 98.1 cm³/mol. The van der Waals surface area contributed by atoms with Crippen LogP contribution in [0, 0.1) is 5.92 Å². The second kappa shape index (κ2) is 6.80. The van der Waals surface area contributed by atoms with Gasteiger partial charge in [-0.2, -0.15) is 0 Å². The number of carbonyl (C=O) groups excluding carboxylic acids is 2. The highest BCUT2D eigenvalue weighted by molar-refractivity contribution is 6.37. The summed E-state index contributed by atoms with van der Waals surface area (Å²) in [7, 11) is 0. The summed E-state index contributed by atoms with van der Waals surface area (Å²) >= 11 is 6.30. The van der Waals surface area contributed by atoms with Gasteiger partial charge in [0.15, 0.2) is 0 Å². The Kier molecular flexibility index (Phi) is 4.34. The van der Waals surface area contributed by atoms with Gasteiger partial charge in [0.1, 0.15) is 12.4 Å². The molecule has 3 aromatic rings. The first-order chi connectivity index (χ1) is 12.6. The van der Waals surface area contributed by atoms with E-state index in [1.54, 1.807) is 6.07 Å². The van der Waals surface area contributed by atoms with E-state index in [0.29, 0.717) is 21.7 Å². The second-order valence-electron chi connectivity index (χ2n) is 6.20. The molecule has 1 amide bonds. The highest BCUT2D eigenvalue weighted by atomic mass is 35.5. The van der Waals surface area contributed by atoms with Crippen LogP contribution >= 0.6 is 11.6 Å². The first kappa shape index (κ1) is 16.6. The van der Waals surface area contributed by atoms with Crippen molar-refractivity contribution in [2.75, 3.05) is 5.32 Å². The maximum Gasteiger partial charge on any atom is 0.418 e. The Morgan fingerprint density at radius 2 is 2.00 bits per heavy atom. The van der Waals surface area contributed by atoms with Crippen molar-refractivity contribution in [3.05, 3.63) is 59.4 Å². The number of hydrogen-bond acceptors (Lipinski definition) is 4. The average molecular weight is 370 g/mol. The van der Waals surface area contributed by atoms with E-state index in [1.165, 1.54) is 17.0 Å². The summed E-state index contributed by atoms with van der Waals surface area (Å²) in [4.78, 5) is 28.7. The molecule has 0 atom stereocenters. The number of anilines is 1. The molecule has 1 aliphatic carbocycles. The molecule has 1 aromatic carbocycles. The number of amides is 1. The number of rotatable bonds is 4. The summed E-state index contributed by atoms with van der Waals surface area (Å²) in [5.74, 6) is 0.336. The van der Waals surface area contributed by atoms with Crippen LogP contribution in [-0.2, 0) is 16.1 Å². The minimum Gasteiger partial charge on any atom is -0.444 e. The largest absolute Gasteiger partial charge is 0.444 e. The van der Waals surface area contributed by atoms with Crippen LogP contribution in [0.15, 0.2) is 48.8 Å². The van der Waals surface area contributed by atoms with Gasteiger partial charge in [-0.1, -0.05) is 41.9 Å². The summed E-state index contributed by atoms with van der Waals surface area (Å²) in [6, 6.07) is 11.1. The number of aromatic nitrogens is 2. The Bertz CT molecular complexity index is 980. The van der Waals surface area contributed by atoms with E-state index >= 15 is 0 Å². The molecule has 2 heterocycles. The van der Waals surface area contributed by atoms with Crippen molar-refractivity contribution in [1.82, 2.24) is 9.55 Å². The van der Waals surface area contributed by atoms with Gasteiger partial charge >= 0.3 is 6.09 Å². The summed E-state index contributed by atoms with van der Waals surface area (Å²) < 4.78 is 6.69. The van der Waals surface area contributed by atoms with Gasteiger partial charge in [0.05, 0.1) is 15.9 Å². The molecule has 1 aliphatic rings. The first-order valence-corrected chi connectivity index (χ1v) is 8.69. The lowest BCUT2D eigenvalue weighted by Crippen LogP contribution is -2.15. The molecule has 4 rings (SSSR count). The van der Waals surface area contributed by atoms with Crippen LogP contribution < -0.4 is 5.32 Å². The standard InChI is InChI=1S/C19H16ClN3O3/c20-14-10-23(19(25)26-11-12-4-2-1-3-5-12)15-8-9-21-17(16(14)15)22-18(24)13-6-7-13/h1-5,8-10,13H,6-7,11H2,(H,21,22,24). The van der Waals surface area contributed by atoms with Crippen LogP contribution in [0.25, 0.3) is 10.9 Å². The van der Waals surface area contributed by atoms with E-state index in [2.05, 4.69) is 10.3 Å². The number of nitrogens with one attached hydrogen (secondary N) is 1. The van der Waals surface area contributed by atoms with Crippen LogP contribution in [0.5, 0.6) is 0 Å². The molecule has 26 heavy (non-hydrogen) atoms. The van der Waals surface area contributed by atoms with Crippen molar-refractivity contribution >= 4 is 40.3 Å². The highest BCUT2D eigenvalue weighted by Crippen LogP contribution is 2.34. The molecule has 0 aliphatic heterocycles. The Hall–Kier alpha value is -2.86. The molecule has 0 radical (unpaired) electrons. The minimum atomic E-state index is -0.545. The van der Waals surface area contributed by atoms with E-state index < -0.39 is 6.09 Å². The first-order valence-electron chi connectivity index (χ1n) is 8.31. The number of carbonyl (C=O) groups is 2. The van der Waals surface area contributed by atoms with E-state index in [4.69, 9.17) is 16.3 Å². The van der Waals surface area contributed by atoms with Crippen molar-refractivity contribution in [1.29, 1.82) is 0 Å². The smallest absolute Gasteiger partial charge is 0.418 e. The van der Waals surface area contributed by atoms with E-state index in [9.17, 15) is 9.59 Å². The topological polar surface area (TPSA) is 73.2 Å². The predicted octanol–water partition coefficient (Wildman–Crippen LogP) is 4.22. The molecule has 1 fully saturated rings. The molecular weight excluding hydrogens is 354 g/mol. The molecule has 132 valence electrons. The summed E-state index contributed by atoms with van der Waals surface area (Å²) in [5.41, 5.74) is 1.43. The summed E-state index contributed by atoms with van der Waals surface area (Å²) in [6.45, 7) is 0.160. The number of nitrogens with zero attached hydrogens (tertiary/aromatic N) is 2. The van der Waals surface area contributed by atoms with Crippen molar-refractivity contribution < 1.29 is 14.3 Å². The van der Waals surface area contributed by atoms with E-state index in [-0.39, 0.29) is 18.4 Å². The fraction of sp³-hybridized carbons (Fsp3) is 0.211. The lowest BCUT2D eigenvalue weighted by molar-refractivity contribution is -0.117. The third-order valence-corrected chi connectivity index (χ3v) is 4.55. The molecule has 0 unspecified atom stereocenters. The molecule has 0 saturated heterocycles. The Labute approximate surface area is 154 Å². The van der Waals surface area contributed by atoms with Crippen LogP contribution in [0.2, 0.25) is 5.02 Å². The maximum absolute atomic E-state index is 12.5. The lowest BCUT2D eigenvalue weighted by Gasteiger charge is -2.08. The number of pyridine rings is 1. The molecule has 6 nitrogen and oxygen atoms in total. The van der Waals surface area contributed by atoms with Crippen molar-refractivity contribution in [2.45, 2.75) is 19.4 Å². The molecule has 0 bridgehead atoms. The number of halogens is 1. The normalized spacial score (nSPS) is 13.6. The Morgan fingerprint density at radius 3 is 2.73 bits per heavy atom. The zero-order valence-corrected chi connectivity index (χ0v) is 14.6. The molecule has 1 N–H and O–H groups in total. The van der Waals surface area contributed by atoms with Crippen molar-refractivity contribution in [3.63, 3.8) is 0 Å². The van der Waals surface area contributed by atoms with E-state index in [0.717, 1.165) is 18.4 Å². The van der Waals surface area contributed by atoms with Gasteiger partial charge in [-0.25, -0.2) is 9.78 Å². The number of benzene rings is 1. The zero-order valence-electron chi connectivity index (χ0n) is 13.8. The molecule has 7 heteroatoms. The van der Waals surface area contributed by atoms with E-state index in [1.807, 2.05) is 30.3 Å². The fourth-order valence-electron chi connectivity index (χ4n) is 2.73. The lowest BCUT2D eigenvalue weighted by atomic mass is 10.2. The maximum atomic E-state index is 12.5. The quantitative estimate of drug-likeness (QED) is 0.747. The van der Waals surface area contributed by atoms with Gasteiger partial charge in [0.2, 0.25) is 5.91 Å². The highest BCUT2D eigenvalue weighted by Gasteiger charge is 2.30. The number of hydrogen-bond donors (Lipinski definition) is 1. The molecular formula is C19H16ClN3O3. The van der Waals surface area contributed by atoms with Gasteiger partial charge in [0, 0.05) is 18.3 Å². The molecule has 1 saturated carbocycles. The van der Waals surface area contributed by atoms with Gasteiger partial charge in [0.25, 0.3) is 0 Å². The summed E-state index contributed by atoms with van der Waals surface area (Å²) in [6.07, 6.45) is 4.25. The SMILES string of the molecule is O=C(Nc1nccc2c1c(Cl)cn2C(=O)OCc1ccccc1)C1CC1. The minimum absolute atomic E-state index is 0.0451. The Morgan fingerprint density at radius 1 is 1.23 bits per heavy atom. The zero-order chi connectivity index (χ0) is 18.1. The Balaban J connectivity index is 1.59. The van der Waals surface area contributed by atoms with Gasteiger partial charge in [-0.3, -0.25) is 9.36 Å². The van der Waals surface area contributed by atoms with Crippen molar-refractivity contribution in [3.8, 4) is 0 Å². The van der Waals surface area contributed by atoms with Crippen LogP contribution in [0.4, 0.5) is 10.6 Å². The second-order valence-corrected chi connectivity index (χ2v) is 6.61. The monoisotopic (exact) mass is 369 g/mol. The number of fused-ring (bicyclic) bond motifs is 1. The average Bonchev–Trinajstić information content (AvgIpc) is 3.45. The number of ether oxygens (including phenoxy) is 1. The fourth-order valence-corrected chi connectivity index (χ4v) is 3.02. The van der Waals surface area contributed by atoms with Crippen LogP contribution in [-0.4, -0.2) is 21.6 Å². The third kappa shape index (κ3) is 3.28. The van der Waals surface area contributed by atoms with Crippen LogP contribution in [0.3, 0.4) is 0 Å². The van der Waals surface area contributed by atoms with Gasteiger partial charge < -0.3 is 10.1 Å². The summed E-state index contributed by atoms with van der Waals surface area (Å²) in [5, 5.41) is 3.65. The molecule has 0 spiro atoms.